The van der Waals surface area contributed by atoms with E-state index in [9.17, 15) is 18.0 Å². The molecule has 7 nitrogen and oxygen atoms in total. The second-order valence-corrected chi connectivity index (χ2v) is 6.92. The number of carboxylic acid groups (broad SMARTS) is 1. The molecular formula is C10H16N2O5S. The van der Waals surface area contributed by atoms with E-state index in [2.05, 4.69) is 0 Å². The molecule has 0 aliphatic carbocycles. The van der Waals surface area contributed by atoms with Crippen molar-refractivity contribution in [1.29, 1.82) is 0 Å². The van der Waals surface area contributed by atoms with Crippen LogP contribution in [-0.4, -0.2) is 78.9 Å². The van der Waals surface area contributed by atoms with Crippen LogP contribution in [0.15, 0.2) is 0 Å². The van der Waals surface area contributed by atoms with E-state index in [1.165, 1.54) is 4.90 Å². The van der Waals surface area contributed by atoms with Crippen LogP contribution in [0.4, 0.5) is 0 Å². The minimum atomic E-state index is -2.90. The van der Waals surface area contributed by atoms with Gasteiger partial charge in [0.2, 0.25) is 0 Å². The quantitative estimate of drug-likeness (QED) is 0.580. The lowest BCUT2D eigenvalue weighted by atomic mass is 10.2. The van der Waals surface area contributed by atoms with Crippen molar-refractivity contribution in [3.8, 4) is 0 Å². The van der Waals surface area contributed by atoms with Crippen LogP contribution in [-0.2, 0) is 19.4 Å². The van der Waals surface area contributed by atoms with E-state index >= 15 is 0 Å². The van der Waals surface area contributed by atoms with Crippen molar-refractivity contribution in [1.82, 2.24) is 9.80 Å². The first kappa shape index (κ1) is 13.3. The molecule has 2 aliphatic heterocycles. The van der Waals surface area contributed by atoms with E-state index in [1.54, 1.807) is 0 Å². The maximum atomic E-state index is 11.4. The van der Waals surface area contributed by atoms with Crippen LogP contribution in [0.25, 0.3) is 0 Å². The summed E-state index contributed by atoms with van der Waals surface area (Å²) in [6, 6.07) is 0.0251. The smallest absolute Gasteiger partial charge is 0.394 e. The zero-order valence-corrected chi connectivity index (χ0v) is 10.7. The summed E-state index contributed by atoms with van der Waals surface area (Å²) in [5, 5.41) is 8.60. The van der Waals surface area contributed by atoms with Crippen LogP contribution in [0.1, 0.15) is 6.42 Å². The first-order chi connectivity index (χ1) is 8.39. The maximum Gasteiger partial charge on any atom is 0.394 e. The molecule has 2 saturated heterocycles. The van der Waals surface area contributed by atoms with Crippen LogP contribution in [0.2, 0.25) is 0 Å². The highest BCUT2D eigenvalue weighted by Gasteiger charge is 2.35. The largest absolute Gasteiger partial charge is 0.474 e. The van der Waals surface area contributed by atoms with Crippen molar-refractivity contribution in [3.63, 3.8) is 0 Å². The van der Waals surface area contributed by atoms with Gasteiger partial charge in [-0.2, -0.15) is 0 Å². The zero-order valence-electron chi connectivity index (χ0n) is 9.91. The standard InChI is InChI=1S/C10H16N2O5S/c13-9(10(14)15)12-4-2-11(3-5-12)8-1-6-18(16,17)7-8/h8H,1-7H2,(H,14,15). The van der Waals surface area contributed by atoms with E-state index in [0.29, 0.717) is 32.6 Å². The highest BCUT2D eigenvalue weighted by Crippen LogP contribution is 2.19. The molecule has 0 bridgehead atoms. The molecular weight excluding hydrogens is 260 g/mol. The maximum absolute atomic E-state index is 11.4. The Balaban J connectivity index is 1.88. The first-order valence-electron chi connectivity index (χ1n) is 5.86. The molecule has 8 heteroatoms. The van der Waals surface area contributed by atoms with Crippen LogP contribution in [0.5, 0.6) is 0 Å². The number of nitrogens with zero attached hydrogens (tertiary/aromatic N) is 2. The van der Waals surface area contributed by atoms with Gasteiger partial charge in [-0.05, 0) is 6.42 Å². The summed E-state index contributed by atoms with van der Waals surface area (Å²) in [7, 11) is -2.90. The summed E-state index contributed by atoms with van der Waals surface area (Å²) in [5.74, 6) is -1.91. The van der Waals surface area contributed by atoms with E-state index in [4.69, 9.17) is 5.11 Å². The van der Waals surface area contributed by atoms with Crippen molar-refractivity contribution in [2.24, 2.45) is 0 Å². The average Bonchev–Trinajstić information content (AvgIpc) is 2.69. The van der Waals surface area contributed by atoms with Crippen LogP contribution >= 0.6 is 0 Å². The Kier molecular flexibility index (Phi) is 3.58. The van der Waals surface area contributed by atoms with Crippen molar-refractivity contribution in [2.75, 3.05) is 37.7 Å². The molecule has 0 aromatic heterocycles. The highest BCUT2D eigenvalue weighted by molar-refractivity contribution is 7.91. The zero-order chi connectivity index (χ0) is 13.3. The first-order valence-corrected chi connectivity index (χ1v) is 7.68. The van der Waals surface area contributed by atoms with Gasteiger partial charge in [-0.15, -0.1) is 0 Å². The van der Waals surface area contributed by atoms with Crippen molar-refractivity contribution >= 4 is 21.7 Å². The van der Waals surface area contributed by atoms with Crippen LogP contribution < -0.4 is 0 Å². The van der Waals surface area contributed by atoms with Crippen LogP contribution in [0.3, 0.4) is 0 Å². The van der Waals surface area contributed by atoms with Crippen molar-refractivity contribution in [2.45, 2.75) is 12.5 Å². The Morgan fingerprint density at radius 3 is 2.17 bits per heavy atom. The van der Waals surface area contributed by atoms with Gasteiger partial charge in [0.05, 0.1) is 11.5 Å². The van der Waals surface area contributed by atoms with Gasteiger partial charge >= 0.3 is 11.9 Å². The normalized spacial score (nSPS) is 28.2. The molecule has 0 aromatic carbocycles. The fourth-order valence-corrected chi connectivity index (χ4v) is 4.25. The van der Waals surface area contributed by atoms with E-state index in [-0.39, 0.29) is 17.5 Å². The molecule has 0 aromatic rings. The number of carbonyl (C=O) groups excluding carboxylic acids is 1. The number of amides is 1. The number of sulfone groups is 1. The predicted molar refractivity (Wildman–Crippen MR) is 62.8 cm³/mol. The van der Waals surface area contributed by atoms with Gasteiger partial charge in [-0.25, -0.2) is 13.2 Å². The monoisotopic (exact) mass is 276 g/mol. The van der Waals surface area contributed by atoms with Gasteiger partial charge in [0.15, 0.2) is 9.84 Å². The number of carboxylic acids is 1. The van der Waals surface area contributed by atoms with Crippen molar-refractivity contribution < 1.29 is 23.1 Å². The van der Waals surface area contributed by atoms with Gasteiger partial charge in [0, 0.05) is 32.2 Å². The molecule has 0 saturated carbocycles. The molecule has 1 N–H and O–H groups in total. The van der Waals surface area contributed by atoms with E-state index in [1.807, 2.05) is 4.90 Å². The lowest BCUT2D eigenvalue weighted by Crippen LogP contribution is -2.53. The van der Waals surface area contributed by atoms with E-state index < -0.39 is 21.7 Å². The predicted octanol–water partition coefficient (Wildman–Crippen LogP) is -1.60. The Bertz CT molecular complexity index is 453. The fourth-order valence-electron chi connectivity index (χ4n) is 2.49. The average molecular weight is 276 g/mol. The molecule has 0 spiro atoms. The SMILES string of the molecule is O=C(O)C(=O)N1CCN(C2CCS(=O)(=O)C2)CC1. The Morgan fingerprint density at radius 1 is 1.11 bits per heavy atom. The summed E-state index contributed by atoms with van der Waals surface area (Å²) < 4.78 is 22.8. The molecule has 0 radical (unpaired) electrons. The number of hydrogen-bond acceptors (Lipinski definition) is 5. The molecule has 1 amide bonds. The van der Waals surface area contributed by atoms with Gasteiger partial charge < -0.3 is 10.0 Å². The molecule has 2 fully saturated rings. The third-order valence-corrected chi connectivity index (χ3v) is 5.26. The minimum absolute atomic E-state index is 0.0251. The van der Waals surface area contributed by atoms with Crippen molar-refractivity contribution in [3.05, 3.63) is 0 Å². The number of aliphatic carboxylic acids is 1. The number of hydrogen-bond donors (Lipinski definition) is 1. The fraction of sp³-hybridized carbons (Fsp3) is 0.800. The number of rotatable bonds is 1. The summed E-state index contributed by atoms with van der Waals surface area (Å²) in [5.41, 5.74) is 0. The molecule has 2 rings (SSSR count). The minimum Gasteiger partial charge on any atom is -0.474 e. The van der Waals surface area contributed by atoms with E-state index in [0.717, 1.165) is 0 Å². The van der Waals surface area contributed by atoms with Crippen LogP contribution in [0, 0.1) is 0 Å². The van der Waals surface area contributed by atoms with Gasteiger partial charge in [0.25, 0.3) is 0 Å². The Morgan fingerprint density at radius 2 is 1.72 bits per heavy atom. The summed E-state index contributed by atoms with van der Waals surface area (Å²) >= 11 is 0. The van der Waals surface area contributed by atoms with Gasteiger partial charge in [-0.1, -0.05) is 0 Å². The molecule has 102 valence electrons. The third kappa shape index (κ3) is 2.81. The highest BCUT2D eigenvalue weighted by atomic mass is 32.2. The summed E-state index contributed by atoms with van der Waals surface area (Å²) in [6.07, 6.45) is 0.634. The second-order valence-electron chi connectivity index (χ2n) is 4.69. The second kappa shape index (κ2) is 4.85. The number of carbonyl (C=O) groups is 2. The molecule has 18 heavy (non-hydrogen) atoms. The Hall–Kier alpha value is -1.15. The number of piperazine rings is 1. The topological polar surface area (TPSA) is 95.0 Å². The lowest BCUT2D eigenvalue weighted by Gasteiger charge is -2.36. The Labute approximate surface area is 105 Å². The van der Waals surface area contributed by atoms with Gasteiger partial charge in [-0.3, -0.25) is 9.69 Å². The molecule has 2 heterocycles. The molecule has 2 aliphatic rings. The third-order valence-electron chi connectivity index (χ3n) is 3.51. The lowest BCUT2D eigenvalue weighted by molar-refractivity contribution is -0.156. The molecule has 1 unspecified atom stereocenters. The summed E-state index contributed by atoms with van der Waals surface area (Å²) in [6.45, 7) is 1.78. The molecule has 1 atom stereocenters. The van der Waals surface area contributed by atoms with Gasteiger partial charge in [0.1, 0.15) is 0 Å². The summed E-state index contributed by atoms with van der Waals surface area (Å²) in [4.78, 5) is 25.1.